The van der Waals surface area contributed by atoms with E-state index >= 15 is 0 Å². The molecule has 3 nitrogen and oxygen atoms in total. The van der Waals surface area contributed by atoms with Crippen molar-refractivity contribution >= 4 is 11.7 Å². The SMILES string of the molecule is CCCCCCCCCCNc1ccccc1C(=O)OCC. The Bertz CT molecular complexity index is 418. The maximum absolute atomic E-state index is 11.9. The normalized spacial score (nSPS) is 10.5. The van der Waals surface area contributed by atoms with Crippen LogP contribution in [0.15, 0.2) is 24.3 Å². The molecule has 0 heterocycles. The molecule has 124 valence electrons. The number of para-hydroxylation sites is 1. The van der Waals surface area contributed by atoms with Gasteiger partial charge in [0.25, 0.3) is 0 Å². The molecule has 0 saturated heterocycles. The molecule has 1 N–H and O–H groups in total. The van der Waals surface area contributed by atoms with Gasteiger partial charge in [0.05, 0.1) is 12.2 Å². The predicted molar refractivity (Wildman–Crippen MR) is 93.5 cm³/mol. The highest BCUT2D eigenvalue weighted by Crippen LogP contribution is 2.16. The summed E-state index contributed by atoms with van der Waals surface area (Å²) in [7, 11) is 0. The highest BCUT2D eigenvalue weighted by Gasteiger charge is 2.10. The number of hydrogen-bond donors (Lipinski definition) is 1. The highest BCUT2D eigenvalue weighted by atomic mass is 16.5. The Balaban J connectivity index is 2.21. The standard InChI is InChI=1S/C19H31NO2/c1-3-5-6-7-8-9-10-13-16-20-18-15-12-11-14-17(18)19(21)22-4-2/h11-12,14-15,20H,3-10,13,16H2,1-2H3. The molecule has 0 atom stereocenters. The lowest BCUT2D eigenvalue weighted by Gasteiger charge is -2.11. The second-order valence-corrected chi connectivity index (χ2v) is 5.67. The summed E-state index contributed by atoms with van der Waals surface area (Å²) in [6, 6.07) is 7.57. The third kappa shape index (κ3) is 7.48. The first-order chi connectivity index (χ1) is 10.8. The van der Waals surface area contributed by atoms with Gasteiger partial charge in [0.15, 0.2) is 0 Å². The van der Waals surface area contributed by atoms with Gasteiger partial charge in [-0.1, -0.05) is 64.0 Å². The minimum Gasteiger partial charge on any atom is -0.462 e. The molecule has 0 unspecified atom stereocenters. The van der Waals surface area contributed by atoms with Crippen molar-refractivity contribution in [2.45, 2.75) is 65.2 Å². The topological polar surface area (TPSA) is 38.3 Å². The number of carbonyl (C=O) groups excluding carboxylic acids is 1. The van der Waals surface area contributed by atoms with Crippen molar-refractivity contribution in [3.63, 3.8) is 0 Å². The molecule has 1 aromatic rings. The van der Waals surface area contributed by atoms with Gasteiger partial charge in [-0.25, -0.2) is 4.79 Å². The summed E-state index contributed by atoms with van der Waals surface area (Å²) in [5, 5.41) is 3.36. The summed E-state index contributed by atoms with van der Waals surface area (Å²) in [5.41, 5.74) is 1.51. The van der Waals surface area contributed by atoms with Crippen LogP contribution < -0.4 is 5.32 Å². The van der Waals surface area contributed by atoms with E-state index in [1.165, 1.54) is 44.9 Å². The Kier molecular flexibility index (Phi) is 10.2. The first-order valence-electron chi connectivity index (χ1n) is 8.79. The number of benzene rings is 1. The van der Waals surface area contributed by atoms with E-state index in [2.05, 4.69) is 12.2 Å². The molecule has 0 amide bonds. The van der Waals surface area contributed by atoms with Gasteiger partial charge in [-0.3, -0.25) is 0 Å². The predicted octanol–water partition coefficient (Wildman–Crippen LogP) is 5.42. The van der Waals surface area contributed by atoms with Crippen LogP contribution in [0.3, 0.4) is 0 Å². The van der Waals surface area contributed by atoms with Gasteiger partial charge in [-0.05, 0) is 25.5 Å². The molecule has 0 aliphatic rings. The molecule has 1 rings (SSSR count). The average molecular weight is 305 g/mol. The fourth-order valence-corrected chi connectivity index (χ4v) is 2.51. The molecular formula is C19H31NO2. The molecule has 0 bridgehead atoms. The van der Waals surface area contributed by atoms with Crippen LogP contribution in [-0.2, 0) is 4.74 Å². The number of anilines is 1. The number of carbonyl (C=O) groups is 1. The zero-order chi connectivity index (χ0) is 16.0. The van der Waals surface area contributed by atoms with Crippen LogP contribution in [0, 0.1) is 0 Å². The van der Waals surface area contributed by atoms with Gasteiger partial charge in [0.1, 0.15) is 0 Å². The van der Waals surface area contributed by atoms with Crippen LogP contribution in [0.5, 0.6) is 0 Å². The van der Waals surface area contributed by atoms with Crippen molar-refractivity contribution in [1.29, 1.82) is 0 Å². The summed E-state index contributed by atoms with van der Waals surface area (Å²) in [4.78, 5) is 11.9. The lowest BCUT2D eigenvalue weighted by Crippen LogP contribution is -2.10. The van der Waals surface area contributed by atoms with E-state index in [4.69, 9.17) is 4.74 Å². The van der Waals surface area contributed by atoms with E-state index < -0.39 is 0 Å². The Morgan fingerprint density at radius 1 is 0.955 bits per heavy atom. The molecule has 0 aliphatic carbocycles. The van der Waals surface area contributed by atoms with Crippen LogP contribution in [0.4, 0.5) is 5.69 Å². The first kappa shape index (κ1) is 18.5. The maximum Gasteiger partial charge on any atom is 0.340 e. The lowest BCUT2D eigenvalue weighted by molar-refractivity contribution is 0.0527. The minimum atomic E-state index is -0.249. The van der Waals surface area contributed by atoms with Crippen molar-refractivity contribution in [1.82, 2.24) is 0 Å². The smallest absolute Gasteiger partial charge is 0.340 e. The minimum absolute atomic E-state index is 0.249. The summed E-state index contributed by atoms with van der Waals surface area (Å²) in [5.74, 6) is -0.249. The molecule has 1 aromatic carbocycles. The third-order valence-electron chi connectivity index (χ3n) is 3.77. The van der Waals surface area contributed by atoms with Gasteiger partial charge in [-0.15, -0.1) is 0 Å². The van der Waals surface area contributed by atoms with Crippen LogP contribution >= 0.6 is 0 Å². The molecule has 0 spiro atoms. The fourth-order valence-electron chi connectivity index (χ4n) is 2.51. The fraction of sp³-hybridized carbons (Fsp3) is 0.632. The number of unbranched alkanes of at least 4 members (excludes halogenated alkanes) is 7. The quantitative estimate of drug-likeness (QED) is 0.414. The summed E-state index contributed by atoms with van der Waals surface area (Å²) in [6.07, 6.45) is 10.5. The molecule has 22 heavy (non-hydrogen) atoms. The number of nitrogens with one attached hydrogen (secondary N) is 1. The van der Waals surface area contributed by atoms with E-state index in [0.717, 1.165) is 18.7 Å². The van der Waals surface area contributed by atoms with Crippen LogP contribution in [0.2, 0.25) is 0 Å². The summed E-state index contributed by atoms with van der Waals surface area (Å²) >= 11 is 0. The van der Waals surface area contributed by atoms with E-state index in [-0.39, 0.29) is 5.97 Å². The average Bonchev–Trinajstić information content (AvgIpc) is 2.54. The van der Waals surface area contributed by atoms with Gasteiger partial charge < -0.3 is 10.1 Å². The van der Waals surface area contributed by atoms with Crippen molar-refractivity contribution in [3.05, 3.63) is 29.8 Å². The molecule has 0 aliphatic heterocycles. The zero-order valence-electron chi connectivity index (χ0n) is 14.2. The molecule has 3 heteroatoms. The molecule has 0 fully saturated rings. The van der Waals surface area contributed by atoms with Crippen molar-refractivity contribution < 1.29 is 9.53 Å². The largest absolute Gasteiger partial charge is 0.462 e. The molecule has 0 radical (unpaired) electrons. The molecular weight excluding hydrogens is 274 g/mol. The van der Waals surface area contributed by atoms with Gasteiger partial charge in [0, 0.05) is 12.2 Å². The zero-order valence-corrected chi connectivity index (χ0v) is 14.2. The second kappa shape index (κ2) is 12.1. The van der Waals surface area contributed by atoms with Gasteiger partial charge in [-0.2, -0.15) is 0 Å². The Morgan fingerprint density at radius 3 is 2.27 bits per heavy atom. The van der Waals surface area contributed by atoms with Crippen LogP contribution in [0.25, 0.3) is 0 Å². The number of ether oxygens (including phenoxy) is 1. The van der Waals surface area contributed by atoms with Crippen molar-refractivity contribution in [2.24, 2.45) is 0 Å². The Hall–Kier alpha value is -1.51. The molecule has 0 aromatic heterocycles. The third-order valence-corrected chi connectivity index (χ3v) is 3.77. The lowest BCUT2D eigenvalue weighted by atomic mass is 10.1. The maximum atomic E-state index is 11.9. The van der Waals surface area contributed by atoms with E-state index in [1.54, 1.807) is 0 Å². The summed E-state index contributed by atoms with van der Waals surface area (Å²) < 4.78 is 5.08. The van der Waals surface area contributed by atoms with Crippen LogP contribution in [-0.4, -0.2) is 19.1 Å². The molecule has 0 saturated carbocycles. The van der Waals surface area contributed by atoms with Crippen LogP contribution in [0.1, 0.15) is 75.6 Å². The van der Waals surface area contributed by atoms with Gasteiger partial charge >= 0.3 is 5.97 Å². The number of esters is 1. The highest BCUT2D eigenvalue weighted by molar-refractivity contribution is 5.95. The Labute approximate surface area is 135 Å². The second-order valence-electron chi connectivity index (χ2n) is 5.67. The van der Waals surface area contributed by atoms with E-state index in [1.807, 2.05) is 31.2 Å². The monoisotopic (exact) mass is 305 g/mol. The van der Waals surface area contributed by atoms with E-state index in [0.29, 0.717) is 12.2 Å². The Morgan fingerprint density at radius 2 is 1.59 bits per heavy atom. The number of hydrogen-bond acceptors (Lipinski definition) is 3. The first-order valence-corrected chi connectivity index (χ1v) is 8.79. The van der Waals surface area contributed by atoms with Crippen molar-refractivity contribution in [3.8, 4) is 0 Å². The summed E-state index contributed by atoms with van der Waals surface area (Å²) in [6.45, 7) is 5.39. The number of rotatable bonds is 12. The van der Waals surface area contributed by atoms with Crippen molar-refractivity contribution in [2.75, 3.05) is 18.5 Å². The van der Waals surface area contributed by atoms with E-state index in [9.17, 15) is 4.79 Å². The van der Waals surface area contributed by atoms with Gasteiger partial charge in [0.2, 0.25) is 0 Å².